The monoisotopic (exact) mass is 396 g/mol. The zero-order valence-corrected chi connectivity index (χ0v) is 16.9. The molecule has 2 N–H and O–H groups in total. The fraction of sp³-hybridized carbons (Fsp3) is 0.304. The molecule has 0 aliphatic carbocycles. The van der Waals surface area contributed by atoms with E-state index in [2.05, 4.69) is 13.2 Å². The van der Waals surface area contributed by atoms with E-state index in [-0.39, 0.29) is 12.8 Å². The van der Waals surface area contributed by atoms with Crippen LogP contribution in [0.1, 0.15) is 26.7 Å². The lowest BCUT2D eigenvalue weighted by molar-refractivity contribution is -0.165. The summed E-state index contributed by atoms with van der Waals surface area (Å²) in [5.41, 5.74) is 0.719. The average molecular weight is 396 g/mol. The molecule has 0 saturated carbocycles. The highest BCUT2D eigenvalue weighted by molar-refractivity contribution is 5.72. The van der Waals surface area contributed by atoms with Crippen molar-refractivity contribution < 1.29 is 19.7 Å². The normalized spacial score (nSPS) is 24.0. The molecule has 0 bridgehead atoms. The van der Waals surface area contributed by atoms with E-state index in [1.165, 1.54) is 0 Å². The van der Waals surface area contributed by atoms with Gasteiger partial charge in [0.1, 0.15) is 12.0 Å². The number of hydrogen-bond donors (Lipinski definition) is 2. The van der Waals surface area contributed by atoms with Crippen molar-refractivity contribution in [3.8, 4) is 0 Å². The maximum absolute atomic E-state index is 11.5. The van der Waals surface area contributed by atoms with Gasteiger partial charge in [0.2, 0.25) is 0 Å². The second-order valence-corrected chi connectivity index (χ2v) is 6.58. The summed E-state index contributed by atoms with van der Waals surface area (Å²) in [7, 11) is 0. The standard InChI is InChI=1S/C23H28N2O4/c1-5-9-17(10-6-2)25(22-15-18(26)14-20(29-22)23(27)28)21-13-12-16(8-4)19(24-21)11-7-3/h5-13,18,20,22,26H,1,3,14-15H2,2,4H3,(H,27,28)/b10-6-,16-8-,17-9+,19-11+. The second kappa shape index (κ2) is 10.5. The van der Waals surface area contributed by atoms with E-state index >= 15 is 0 Å². The number of aliphatic hydroxyl groups is 1. The van der Waals surface area contributed by atoms with Crippen molar-refractivity contribution in [2.24, 2.45) is 0 Å². The number of anilines is 1. The minimum Gasteiger partial charge on any atom is -0.479 e. The Kier molecular flexibility index (Phi) is 8.12. The van der Waals surface area contributed by atoms with Crippen molar-refractivity contribution in [1.29, 1.82) is 0 Å². The maximum atomic E-state index is 11.5. The van der Waals surface area contributed by atoms with Crippen molar-refractivity contribution in [3.05, 3.63) is 71.9 Å². The van der Waals surface area contributed by atoms with Crippen molar-refractivity contribution >= 4 is 23.9 Å². The van der Waals surface area contributed by atoms with Crippen LogP contribution in [0.15, 0.2) is 61.4 Å². The van der Waals surface area contributed by atoms with E-state index in [9.17, 15) is 15.0 Å². The van der Waals surface area contributed by atoms with Gasteiger partial charge in [-0.1, -0.05) is 37.5 Å². The molecule has 29 heavy (non-hydrogen) atoms. The highest BCUT2D eigenvalue weighted by Crippen LogP contribution is 2.29. The van der Waals surface area contributed by atoms with E-state index in [0.29, 0.717) is 5.82 Å². The molecule has 1 aromatic heterocycles. The zero-order valence-electron chi connectivity index (χ0n) is 16.9. The fourth-order valence-corrected chi connectivity index (χ4v) is 3.25. The SMILES string of the molecule is C=C/C=C(\C=C/C)N(c1ccc(=C/C)/c(=C\C=C)n1)C1CC(O)CC(C(=O)O)O1. The van der Waals surface area contributed by atoms with Crippen LogP contribution < -0.4 is 15.5 Å². The van der Waals surface area contributed by atoms with Crippen LogP contribution in [0.5, 0.6) is 0 Å². The Labute approximate surface area is 171 Å². The quantitative estimate of drug-likeness (QED) is 0.688. The summed E-state index contributed by atoms with van der Waals surface area (Å²) in [6.07, 6.45) is 10.3. The summed E-state index contributed by atoms with van der Waals surface area (Å²) in [5, 5.41) is 21.4. The van der Waals surface area contributed by atoms with Crippen molar-refractivity contribution in [2.45, 2.75) is 45.1 Å². The molecule has 6 heteroatoms. The third kappa shape index (κ3) is 5.53. The predicted molar refractivity (Wildman–Crippen MR) is 115 cm³/mol. The first kappa shape index (κ1) is 22.3. The summed E-state index contributed by atoms with van der Waals surface area (Å²) in [5.74, 6) is -0.531. The average Bonchev–Trinajstić information content (AvgIpc) is 2.68. The Balaban J connectivity index is 2.65. The number of rotatable bonds is 7. The number of carboxylic acids is 1. The number of ether oxygens (including phenoxy) is 1. The van der Waals surface area contributed by atoms with Crippen LogP contribution in [0.2, 0.25) is 0 Å². The van der Waals surface area contributed by atoms with Crippen LogP contribution in [0.3, 0.4) is 0 Å². The summed E-state index contributed by atoms with van der Waals surface area (Å²) < 4.78 is 5.84. The lowest BCUT2D eigenvalue weighted by atomic mass is 10.0. The summed E-state index contributed by atoms with van der Waals surface area (Å²) >= 11 is 0. The van der Waals surface area contributed by atoms with Gasteiger partial charge in [0.15, 0.2) is 6.10 Å². The first-order chi connectivity index (χ1) is 13.9. The Morgan fingerprint density at radius 3 is 2.62 bits per heavy atom. The molecule has 6 nitrogen and oxygen atoms in total. The number of carboxylic acid groups (broad SMARTS) is 1. The Morgan fingerprint density at radius 1 is 1.28 bits per heavy atom. The van der Waals surface area contributed by atoms with Gasteiger partial charge in [-0.25, -0.2) is 9.78 Å². The Hall–Kier alpha value is -2.96. The zero-order chi connectivity index (χ0) is 21.4. The second-order valence-electron chi connectivity index (χ2n) is 6.58. The minimum atomic E-state index is -1.10. The van der Waals surface area contributed by atoms with Gasteiger partial charge in [-0.05, 0) is 49.4 Å². The molecule has 1 aliphatic heterocycles. The number of aliphatic hydroxyl groups excluding tert-OH is 1. The van der Waals surface area contributed by atoms with Crippen molar-refractivity contribution in [3.63, 3.8) is 0 Å². The van der Waals surface area contributed by atoms with Gasteiger partial charge >= 0.3 is 5.97 Å². The highest BCUT2D eigenvalue weighted by Gasteiger charge is 2.37. The molecule has 1 saturated heterocycles. The molecule has 0 aromatic carbocycles. The van der Waals surface area contributed by atoms with Crippen LogP contribution in [-0.4, -0.2) is 39.6 Å². The summed E-state index contributed by atoms with van der Waals surface area (Å²) in [6.45, 7) is 11.3. The molecule has 3 atom stereocenters. The van der Waals surface area contributed by atoms with E-state index in [0.717, 1.165) is 16.3 Å². The first-order valence-corrected chi connectivity index (χ1v) is 9.52. The Morgan fingerprint density at radius 2 is 2.03 bits per heavy atom. The molecule has 1 fully saturated rings. The molecule has 1 aromatic rings. The fourth-order valence-electron chi connectivity index (χ4n) is 3.25. The molecule has 2 rings (SSSR count). The van der Waals surface area contributed by atoms with Gasteiger partial charge in [0.05, 0.1) is 11.5 Å². The molecule has 154 valence electrons. The number of nitrogens with zero attached hydrogens (tertiary/aromatic N) is 2. The molecular formula is C23H28N2O4. The maximum Gasteiger partial charge on any atom is 0.333 e. The number of aliphatic carboxylic acids is 1. The van der Waals surface area contributed by atoms with Gasteiger partial charge in [-0.2, -0.15) is 0 Å². The Bertz CT molecular complexity index is 933. The molecule has 2 heterocycles. The van der Waals surface area contributed by atoms with Gasteiger partial charge in [-0.3, -0.25) is 4.90 Å². The van der Waals surface area contributed by atoms with E-state index in [1.807, 2.05) is 44.2 Å². The number of hydrogen-bond acceptors (Lipinski definition) is 5. The number of aromatic nitrogens is 1. The van der Waals surface area contributed by atoms with Crippen molar-refractivity contribution in [2.75, 3.05) is 4.90 Å². The summed E-state index contributed by atoms with van der Waals surface area (Å²) in [6, 6.07) is 3.77. The molecule has 0 radical (unpaired) electrons. The largest absolute Gasteiger partial charge is 0.479 e. The van der Waals surface area contributed by atoms with Crippen LogP contribution >= 0.6 is 0 Å². The van der Waals surface area contributed by atoms with Crippen LogP contribution in [0.4, 0.5) is 5.82 Å². The minimum absolute atomic E-state index is 0.0520. The highest BCUT2D eigenvalue weighted by atomic mass is 16.5. The van der Waals surface area contributed by atoms with Gasteiger partial charge in [0, 0.05) is 18.5 Å². The smallest absolute Gasteiger partial charge is 0.333 e. The van der Waals surface area contributed by atoms with Gasteiger partial charge in [-0.15, -0.1) is 0 Å². The van der Waals surface area contributed by atoms with Gasteiger partial charge in [0.25, 0.3) is 0 Å². The third-order valence-electron chi connectivity index (χ3n) is 4.53. The number of allylic oxidation sites excluding steroid dienone is 5. The third-order valence-corrected chi connectivity index (χ3v) is 4.53. The molecular weight excluding hydrogens is 368 g/mol. The molecule has 1 aliphatic rings. The molecule has 3 unspecified atom stereocenters. The van der Waals surface area contributed by atoms with Crippen LogP contribution in [-0.2, 0) is 9.53 Å². The first-order valence-electron chi connectivity index (χ1n) is 9.52. The topological polar surface area (TPSA) is 82.9 Å². The molecule has 0 amide bonds. The van der Waals surface area contributed by atoms with Crippen LogP contribution in [0.25, 0.3) is 12.2 Å². The number of pyridine rings is 1. The van der Waals surface area contributed by atoms with E-state index < -0.39 is 24.4 Å². The lowest BCUT2D eigenvalue weighted by Gasteiger charge is -2.39. The van der Waals surface area contributed by atoms with Crippen molar-refractivity contribution in [1.82, 2.24) is 4.98 Å². The number of carbonyl (C=O) groups is 1. The summed E-state index contributed by atoms with van der Waals surface area (Å²) in [4.78, 5) is 18.0. The molecule has 0 spiro atoms. The predicted octanol–water partition coefficient (Wildman–Crippen LogP) is 2.25. The van der Waals surface area contributed by atoms with Gasteiger partial charge < -0.3 is 14.9 Å². The van der Waals surface area contributed by atoms with E-state index in [1.54, 1.807) is 29.2 Å². The van der Waals surface area contributed by atoms with Crippen LogP contribution in [0, 0.1) is 0 Å². The lowest BCUT2D eigenvalue weighted by Crippen LogP contribution is -2.49. The van der Waals surface area contributed by atoms with E-state index in [4.69, 9.17) is 9.72 Å².